The SMILES string of the molecule is CCCO[Si](CC)(OCCC)OCCC. The third kappa shape index (κ3) is 6.30. The van der Waals surface area contributed by atoms with Gasteiger partial charge in [0.25, 0.3) is 0 Å². The summed E-state index contributed by atoms with van der Waals surface area (Å²) in [5.74, 6) is 0. The van der Waals surface area contributed by atoms with E-state index in [4.69, 9.17) is 13.3 Å². The highest BCUT2D eigenvalue weighted by atomic mass is 28.4. The molecule has 0 fully saturated rings. The predicted octanol–water partition coefficient (Wildman–Crippen LogP) is 3.23. The highest BCUT2D eigenvalue weighted by Gasteiger charge is 2.38. The van der Waals surface area contributed by atoms with Gasteiger partial charge in [-0.15, -0.1) is 0 Å². The van der Waals surface area contributed by atoms with Crippen LogP contribution in [0.2, 0.25) is 6.04 Å². The van der Waals surface area contributed by atoms with Crippen molar-refractivity contribution in [1.29, 1.82) is 0 Å². The Balaban J connectivity index is 4.16. The molecule has 0 aliphatic rings. The molecule has 0 N–H and O–H groups in total. The molecule has 0 radical (unpaired) electrons. The van der Waals surface area contributed by atoms with E-state index >= 15 is 0 Å². The lowest BCUT2D eigenvalue weighted by molar-refractivity contribution is 0.0604. The minimum Gasteiger partial charge on any atom is -0.373 e. The topological polar surface area (TPSA) is 27.7 Å². The van der Waals surface area contributed by atoms with Gasteiger partial charge in [0.1, 0.15) is 0 Å². The molecule has 0 atom stereocenters. The van der Waals surface area contributed by atoms with E-state index in [9.17, 15) is 0 Å². The zero-order chi connectivity index (χ0) is 11.6. The van der Waals surface area contributed by atoms with Crippen LogP contribution < -0.4 is 0 Å². The Morgan fingerprint density at radius 3 is 1.20 bits per heavy atom. The molecule has 0 bridgehead atoms. The van der Waals surface area contributed by atoms with Gasteiger partial charge in [0.05, 0.1) is 0 Å². The fraction of sp³-hybridized carbons (Fsp3) is 1.00. The van der Waals surface area contributed by atoms with Crippen LogP contribution in [0, 0.1) is 0 Å². The Morgan fingerprint density at radius 1 is 0.667 bits per heavy atom. The van der Waals surface area contributed by atoms with Crippen LogP contribution in [0.3, 0.4) is 0 Å². The van der Waals surface area contributed by atoms with Crippen LogP contribution in [-0.4, -0.2) is 28.6 Å². The van der Waals surface area contributed by atoms with Crippen LogP contribution in [0.15, 0.2) is 0 Å². The Labute approximate surface area is 95.5 Å². The van der Waals surface area contributed by atoms with Gasteiger partial charge in [0.2, 0.25) is 0 Å². The zero-order valence-electron chi connectivity index (χ0n) is 10.7. The van der Waals surface area contributed by atoms with E-state index in [-0.39, 0.29) is 0 Å². The standard InChI is InChI=1S/C11H26O3Si/c1-5-9-12-15(8-4,13-10-6-2)14-11-7-3/h5-11H2,1-4H3. The van der Waals surface area contributed by atoms with Crippen LogP contribution in [0.25, 0.3) is 0 Å². The van der Waals surface area contributed by atoms with Gasteiger partial charge >= 0.3 is 8.80 Å². The smallest absolute Gasteiger partial charge is 0.373 e. The Bertz CT molecular complexity index is 120. The summed E-state index contributed by atoms with van der Waals surface area (Å²) in [5.41, 5.74) is 0. The maximum Gasteiger partial charge on any atom is 0.500 e. The molecule has 15 heavy (non-hydrogen) atoms. The van der Waals surface area contributed by atoms with Gasteiger partial charge in [-0.2, -0.15) is 0 Å². The lowest BCUT2D eigenvalue weighted by Gasteiger charge is -2.28. The number of hydrogen-bond donors (Lipinski definition) is 0. The average Bonchev–Trinajstić information content (AvgIpc) is 2.29. The first-order chi connectivity index (χ1) is 7.24. The van der Waals surface area contributed by atoms with E-state index in [2.05, 4.69) is 27.7 Å². The molecular formula is C11H26O3Si. The van der Waals surface area contributed by atoms with Crippen LogP contribution in [0.4, 0.5) is 0 Å². The minimum absolute atomic E-state index is 0.744. The Hall–Kier alpha value is 0.0969. The van der Waals surface area contributed by atoms with Gasteiger partial charge in [-0.05, 0) is 19.3 Å². The summed E-state index contributed by atoms with van der Waals surface area (Å²) in [7, 11) is -2.33. The van der Waals surface area contributed by atoms with Crippen molar-refractivity contribution >= 4 is 8.80 Å². The molecule has 92 valence electrons. The molecule has 0 heterocycles. The molecule has 0 rings (SSSR count). The van der Waals surface area contributed by atoms with Crippen molar-refractivity contribution in [3.63, 3.8) is 0 Å². The van der Waals surface area contributed by atoms with E-state index < -0.39 is 8.80 Å². The van der Waals surface area contributed by atoms with Crippen molar-refractivity contribution in [2.75, 3.05) is 19.8 Å². The molecule has 0 aromatic rings. The highest BCUT2D eigenvalue weighted by molar-refractivity contribution is 6.60. The normalized spacial score (nSPS) is 12.0. The van der Waals surface area contributed by atoms with Gasteiger partial charge in [0, 0.05) is 25.9 Å². The first kappa shape index (κ1) is 15.1. The average molecular weight is 234 g/mol. The van der Waals surface area contributed by atoms with Crippen molar-refractivity contribution in [3.8, 4) is 0 Å². The predicted molar refractivity (Wildman–Crippen MR) is 65.0 cm³/mol. The Morgan fingerprint density at radius 2 is 1.00 bits per heavy atom. The molecular weight excluding hydrogens is 208 g/mol. The molecule has 0 aromatic carbocycles. The molecule has 0 aliphatic heterocycles. The first-order valence-electron chi connectivity index (χ1n) is 6.16. The molecule has 3 nitrogen and oxygen atoms in total. The summed E-state index contributed by atoms with van der Waals surface area (Å²) in [6.07, 6.45) is 3.04. The van der Waals surface area contributed by atoms with Gasteiger partial charge < -0.3 is 13.3 Å². The summed E-state index contributed by atoms with van der Waals surface area (Å²) in [6.45, 7) is 10.6. The lowest BCUT2D eigenvalue weighted by atomic mass is 10.5. The molecule has 0 saturated carbocycles. The van der Waals surface area contributed by atoms with Crippen molar-refractivity contribution in [2.24, 2.45) is 0 Å². The second-order valence-electron chi connectivity index (χ2n) is 3.58. The summed E-state index contributed by atoms with van der Waals surface area (Å²) in [4.78, 5) is 0. The van der Waals surface area contributed by atoms with Gasteiger partial charge in [-0.1, -0.05) is 27.7 Å². The van der Waals surface area contributed by atoms with Crippen LogP contribution in [-0.2, 0) is 13.3 Å². The first-order valence-corrected chi connectivity index (χ1v) is 8.09. The maximum atomic E-state index is 5.83. The van der Waals surface area contributed by atoms with E-state index in [1.165, 1.54) is 0 Å². The molecule has 0 aromatic heterocycles. The lowest BCUT2D eigenvalue weighted by Crippen LogP contribution is -2.45. The zero-order valence-corrected chi connectivity index (χ0v) is 11.7. The molecule has 0 spiro atoms. The van der Waals surface area contributed by atoms with Crippen LogP contribution >= 0.6 is 0 Å². The minimum atomic E-state index is -2.33. The molecule has 0 saturated heterocycles. The van der Waals surface area contributed by atoms with Gasteiger partial charge in [0.15, 0.2) is 0 Å². The van der Waals surface area contributed by atoms with E-state index in [1.54, 1.807) is 0 Å². The quantitative estimate of drug-likeness (QED) is 0.543. The van der Waals surface area contributed by atoms with Crippen LogP contribution in [0.5, 0.6) is 0 Å². The van der Waals surface area contributed by atoms with Crippen molar-refractivity contribution in [3.05, 3.63) is 0 Å². The van der Waals surface area contributed by atoms with Crippen molar-refractivity contribution < 1.29 is 13.3 Å². The third-order valence-electron chi connectivity index (χ3n) is 2.01. The summed E-state index contributed by atoms with van der Waals surface area (Å²) in [6, 6.07) is 0.868. The molecule has 0 amide bonds. The second kappa shape index (κ2) is 9.33. The largest absolute Gasteiger partial charge is 0.500 e. The third-order valence-corrected chi connectivity index (χ3v) is 4.81. The molecule has 4 heteroatoms. The van der Waals surface area contributed by atoms with E-state index in [0.29, 0.717) is 0 Å². The Kier molecular flexibility index (Phi) is 9.39. The molecule has 0 unspecified atom stereocenters. The second-order valence-corrected chi connectivity index (χ2v) is 6.52. The number of hydrogen-bond acceptors (Lipinski definition) is 3. The summed E-state index contributed by atoms with van der Waals surface area (Å²) in [5, 5.41) is 0. The fourth-order valence-electron chi connectivity index (χ4n) is 1.20. The van der Waals surface area contributed by atoms with Gasteiger partial charge in [-0.3, -0.25) is 0 Å². The molecule has 0 aliphatic carbocycles. The maximum absolute atomic E-state index is 5.83. The van der Waals surface area contributed by atoms with Crippen molar-refractivity contribution in [1.82, 2.24) is 0 Å². The van der Waals surface area contributed by atoms with E-state index in [0.717, 1.165) is 45.1 Å². The van der Waals surface area contributed by atoms with Gasteiger partial charge in [-0.25, -0.2) is 0 Å². The highest BCUT2D eigenvalue weighted by Crippen LogP contribution is 2.16. The van der Waals surface area contributed by atoms with Crippen molar-refractivity contribution in [2.45, 2.75) is 53.0 Å². The monoisotopic (exact) mass is 234 g/mol. The van der Waals surface area contributed by atoms with E-state index in [1.807, 2.05) is 0 Å². The summed E-state index contributed by atoms with van der Waals surface area (Å²) < 4.78 is 17.5. The van der Waals surface area contributed by atoms with Crippen LogP contribution in [0.1, 0.15) is 47.0 Å². The summed E-state index contributed by atoms with van der Waals surface area (Å²) >= 11 is 0. The number of rotatable bonds is 10. The fourth-order valence-corrected chi connectivity index (χ4v) is 3.61.